The van der Waals surface area contributed by atoms with Gasteiger partial charge in [0, 0.05) is 29.5 Å². The van der Waals surface area contributed by atoms with E-state index in [-0.39, 0.29) is 0 Å². The Morgan fingerprint density at radius 2 is 1.90 bits per heavy atom. The molecular weight excluding hydrogens is 376 g/mol. The summed E-state index contributed by atoms with van der Waals surface area (Å²) < 4.78 is 1.98. The molecule has 144 valence electrons. The lowest BCUT2D eigenvalue weighted by Crippen LogP contribution is -1.91. The largest absolute Gasteiger partial charge is 0.336 e. The van der Waals surface area contributed by atoms with Gasteiger partial charge in [0.05, 0.1) is 40.6 Å². The SMILES string of the molecule is Cc1cn(-c2cccc3[nH]c(-c4n[nH]c5cnc(-c6ccncc6)cc45)nc23)cn1. The van der Waals surface area contributed by atoms with E-state index in [0.29, 0.717) is 5.82 Å². The second kappa shape index (κ2) is 6.35. The van der Waals surface area contributed by atoms with Crippen molar-refractivity contribution < 1.29 is 0 Å². The second-order valence-corrected chi connectivity index (χ2v) is 7.10. The van der Waals surface area contributed by atoms with Crippen LogP contribution in [0.2, 0.25) is 0 Å². The number of nitrogens with zero attached hydrogens (tertiary/aromatic N) is 6. The van der Waals surface area contributed by atoms with Gasteiger partial charge in [0.15, 0.2) is 5.82 Å². The number of imidazole rings is 2. The van der Waals surface area contributed by atoms with Crippen LogP contribution in [-0.4, -0.2) is 39.7 Å². The first-order valence-corrected chi connectivity index (χ1v) is 9.51. The lowest BCUT2D eigenvalue weighted by molar-refractivity contribution is 1.06. The number of para-hydroxylation sites is 1. The van der Waals surface area contributed by atoms with Crippen LogP contribution in [0.1, 0.15) is 5.69 Å². The summed E-state index contributed by atoms with van der Waals surface area (Å²) in [7, 11) is 0. The summed E-state index contributed by atoms with van der Waals surface area (Å²) in [5, 5.41) is 8.53. The maximum Gasteiger partial charge on any atom is 0.159 e. The van der Waals surface area contributed by atoms with Crippen molar-refractivity contribution in [1.82, 2.24) is 39.7 Å². The van der Waals surface area contributed by atoms with Crippen LogP contribution in [0.5, 0.6) is 0 Å². The van der Waals surface area contributed by atoms with Gasteiger partial charge in [-0.25, -0.2) is 9.97 Å². The molecule has 30 heavy (non-hydrogen) atoms. The second-order valence-electron chi connectivity index (χ2n) is 7.10. The van der Waals surface area contributed by atoms with Gasteiger partial charge in [0.25, 0.3) is 0 Å². The molecule has 0 bridgehead atoms. The normalized spacial score (nSPS) is 11.5. The number of hydrogen-bond donors (Lipinski definition) is 2. The molecule has 6 aromatic rings. The Kier molecular flexibility index (Phi) is 3.51. The van der Waals surface area contributed by atoms with Crippen molar-refractivity contribution in [3.05, 3.63) is 73.2 Å². The van der Waals surface area contributed by atoms with Crippen molar-refractivity contribution in [1.29, 1.82) is 0 Å². The van der Waals surface area contributed by atoms with Crippen LogP contribution >= 0.6 is 0 Å². The molecule has 0 saturated heterocycles. The van der Waals surface area contributed by atoms with E-state index in [0.717, 1.165) is 50.3 Å². The maximum absolute atomic E-state index is 4.88. The van der Waals surface area contributed by atoms with E-state index < -0.39 is 0 Å². The maximum atomic E-state index is 4.88. The number of aromatic amines is 2. The molecule has 0 radical (unpaired) electrons. The molecule has 0 spiro atoms. The Hall–Kier alpha value is -4.33. The number of fused-ring (bicyclic) bond motifs is 2. The number of hydrogen-bond acceptors (Lipinski definition) is 5. The summed E-state index contributed by atoms with van der Waals surface area (Å²) >= 11 is 0. The standard InChI is InChI=1S/C22H16N8/c1-13-11-30(12-25-13)19-4-2-3-16-21(19)27-22(26-16)20-15-9-17(14-5-7-23-8-6-14)24-10-18(15)28-29-20/h2-12H,1H3,(H,26,27)(H,28,29). The molecule has 0 atom stereocenters. The highest BCUT2D eigenvalue weighted by atomic mass is 15.1. The van der Waals surface area contributed by atoms with Crippen molar-refractivity contribution in [2.24, 2.45) is 0 Å². The van der Waals surface area contributed by atoms with Crippen LogP contribution < -0.4 is 0 Å². The van der Waals surface area contributed by atoms with Crippen LogP contribution in [0, 0.1) is 6.92 Å². The van der Waals surface area contributed by atoms with Crippen LogP contribution in [0.25, 0.3) is 50.4 Å². The van der Waals surface area contributed by atoms with E-state index in [1.807, 2.05) is 54.1 Å². The highest BCUT2D eigenvalue weighted by molar-refractivity contribution is 5.95. The summed E-state index contributed by atoms with van der Waals surface area (Å²) in [5.74, 6) is 0.701. The van der Waals surface area contributed by atoms with Gasteiger partial charge in [-0.1, -0.05) is 6.07 Å². The number of nitrogens with one attached hydrogen (secondary N) is 2. The van der Waals surface area contributed by atoms with E-state index >= 15 is 0 Å². The first kappa shape index (κ1) is 16.6. The Bertz CT molecular complexity index is 1510. The monoisotopic (exact) mass is 392 g/mol. The number of aryl methyl sites for hydroxylation is 1. The molecule has 0 amide bonds. The number of aromatic nitrogens is 8. The first-order chi connectivity index (χ1) is 14.8. The van der Waals surface area contributed by atoms with Gasteiger partial charge in [-0.2, -0.15) is 5.10 Å². The molecule has 5 aromatic heterocycles. The highest BCUT2D eigenvalue weighted by Crippen LogP contribution is 2.30. The summed E-state index contributed by atoms with van der Waals surface area (Å²) in [5.41, 5.74) is 7.20. The van der Waals surface area contributed by atoms with E-state index in [4.69, 9.17) is 4.98 Å². The van der Waals surface area contributed by atoms with E-state index in [1.165, 1.54) is 0 Å². The van der Waals surface area contributed by atoms with Crippen molar-refractivity contribution in [2.75, 3.05) is 0 Å². The fourth-order valence-corrected chi connectivity index (χ4v) is 3.67. The molecule has 0 saturated carbocycles. The van der Waals surface area contributed by atoms with Gasteiger partial charge in [0.1, 0.15) is 11.2 Å². The fraction of sp³-hybridized carbons (Fsp3) is 0.0455. The topological polar surface area (TPSA) is 101 Å². The average Bonchev–Trinajstić information content (AvgIpc) is 3.51. The van der Waals surface area contributed by atoms with Crippen LogP contribution in [-0.2, 0) is 0 Å². The van der Waals surface area contributed by atoms with Gasteiger partial charge in [-0.05, 0) is 37.3 Å². The third-order valence-corrected chi connectivity index (χ3v) is 5.13. The molecule has 0 aliphatic carbocycles. The molecule has 0 aliphatic rings. The predicted molar refractivity (Wildman–Crippen MR) is 114 cm³/mol. The minimum absolute atomic E-state index is 0.701. The van der Waals surface area contributed by atoms with Gasteiger partial charge in [-0.15, -0.1) is 0 Å². The number of benzene rings is 1. The predicted octanol–water partition coefficient (Wildman–Crippen LogP) is 4.06. The smallest absolute Gasteiger partial charge is 0.159 e. The minimum Gasteiger partial charge on any atom is -0.336 e. The lowest BCUT2D eigenvalue weighted by Gasteiger charge is -2.01. The summed E-state index contributed by atoms with van der Waals surface area (Å²) in [6.07, 6.45) is 9.10. The van der Waals surface area contributed by atoms with Crippen LogP contribution in [0.15, 0.2) is 67.5 Å². The average molecular weight is 392 g/mol. The van der Waals surface area contributed by atoms with Gasteiger partial charge < -0.3 is 9.55 Å². The Morgan fingerprint density at radius 1 is 1.00 bits per heavy atom. The molecule has 8 nitrogen and oxygen atoms in total. The Labute approximate surface area is 170 Å². The molecular formula is C22H16N8. The van der Waals surface area contributed by atoms with E-state index in [2.05, 4.69) is 30.1 Å². The summed E-state index contributed by atoms with van der Waals surface area (Å²) in [4.78, 5) is 21.2. The third kappa shape index (κ3) is 2.58. The van der Waals surface area contributed by atoms with Crippen molar-refractivity contribution in [3.8, 4) is 28.5 Å². The zero-order valence-corrected chi connectivity index (χ0v) is 16.0. The van der Waals surface area contributed by atoms with Gasteiger partial charge in [-0.3, -0.25) is 15.1 Å². The number of rotatable bonds is 3. The molecule has 5 heterocycles. The minimum atomic E-state index is 0.701. The molecule has 0 unspecified atom stereocenters. The van der Waals surface area contributed by atoms with Crippen molar-refractivity contribution in [3.63, 3.8) is 0 Å². The van der Waals surface area contributed by atoms with Crippen molar-refractivity contribution >= 4 is 21.9 Å². The van der Waals surface area contributed by atoms with E-state index in [9.17, 15) is 0 Å². The van der Waals surface area contributed by atoms with Crippen molar-refractivity contribution in [2.45, 2.75) is 6.92 Å². The number of pyridine rings is 2. The first-order valence-electron chi connectivity index (χ1n) is 9.51. The van der Waals surface area contributed by atoms with E-state index in [1.54, 1.807) is 24.9 Å². The molecule has 6 rings (SSSR count). The third-order valence-electron chi connectivity index (χ3n) is 5.13. The number of H-pyrrole nitrogens is 2. The molecule has 1 aromatic carbocycles. The molecule has 8 heteroatoms. The zero-order valence-electron chi connectivity index (χ0n) is 16.0. The van der Waals surface area contributed by atoms with Crippen LogP contribution in [0.3, 0.4) is 0 Å². The highest BCUT2D eigenvalue weighted by Gasteiger charge is 2.16. The van der Waals surface area contributed by atoms with Gasteiger partial charge in [0.2, 0.25) is 0 Å². The molecule has 0 aliphatic heterocycles. The summed E-state index contributed by atoms with van der Waals surface area (Å²) in [6.45, 7) is 1.97. The lowest BCUT2D eigenvalue weighted by atomic mass is 10.1. The zero-order chi connectivity index (χ0) is 20.1. The quantitative estimate of drug-likeness (QED) is 0.473. The summed E-state index contributed by atoms with van der Waals surface area (Å²) in [6, 6.07) is 11.9. The Balaban J connectivity index is 1.52. The van der Waals surface area contributed by atoms with Gasteiger partial charge >= 0.3 is 0 Å². The fourth-order valence-electron chi connectivity index (χ4n) is 3.67. The molecule has 0 fully saturated rings. The molecule has 2 N–H and O–H groups in total. The van der Waals surface area contributed by atoms with Crippen LogP contribution in [0.4, 0.5) is 0 Å². The Morgan fingerprint density at radius 3 is 2.73 bits per heavy atom.